The van der Waals surface area contributed by atoms with Gasteiger partial charge in [-0.1, -0.05) is 6.08 Å². The first-order chi connectivity index (χ1) is 10.7. The molecule has 6 nitrogen and oxygen atoms in total. The molecule has 6 heteroatoms. The van der Waals surface area contributed by atoms with E-state index < -0.39 is 0 Å². The minimum absolute atomic E-state index is 0.271. The molecule has 2 amide bonds. The number of carbonyl (C=O) groups excluding carboxylic acids is 2. The van der Waals surface area contributed by atoms with Gasteiger partial charge in [0.1, 0.15) is 13.2 Å². The van der Waals surface area contributed by atoms with Gasteiger partial charge < -0.3 is 9.47 Å². The molecule has 0 unspecified atom stereocenters. The molecule has 2 aliphatic heterocycles. The molecule has 1 aromatic rings. The zero-order valence-corrected chi connectivity index (χ0v) is 12.0. The van der Waals surface area contributed by atoms with Crippen molar-refractivity contribution in [3.05, 3.63) is 36.1 Å². The third kappa shape index (κ3) is 3.16. The van der Waals surface area contributed by atoms with Gasteiger partial charge in [0, 0.05) is 18.8 Å². The molecule has 0 aromatic carbocycles. The highest BCUT2D eigenvalue weighted by Gasteiger charge is 2.18. The van der Waals surface area contributed by atoms with E-state index in [1.807, 2.05) is 0 Å². The Labute approximate surface area is 128 Å². The second-order valence-corrected chi connectivity index (χ2v) is 4.97. The smallest absolute Gasteiger partial charge is 0.257 e. The van der Waals surface area contributed by atoms with Crippen molar-refractivity contribution >= 4 is 17.9 Å². The summed E-state index contributed by atoms with van der Waals surface area (Å²) in [6, 6.07) is 1.76. The Morgan fingerprint density at radius 3 is 3.09 bits per heavy atom. The number of rotatable bonds is 2. The lowest BCUT2D eigenvalue weighted by Crippen LogP contribution is -2.34. The van der Waals surface area contributed by atoms with Crippen LogP contribution < -0.4 is 9.47 Å². The Morgan fingerprint density at radius 1 is 1.32 bits per heavy atom. The number of carbonyl (C=O) groups is 2. The van der Waals surface area contributed by atoms with Gasteiger partial charge in [-0.25, -0.2) is 4.98 Å². The Morgan fingerprint density at radius 2 is 2.18 bits per heavy atom. The molecule has 3 rings (SSSR count). The van der Waals surface area contributed by atoms with Crippen LogP contribution in [0.3, 0.4) is 0 Å². The van der Waals surface area contributed by atoms with E-state index in [0.717, 1.165) is 18.4 Å². The van der Waals surface area contributed by atoms with E-state index >= 15 is 0 Å². The summed E-state index contributed by atoms with van der Waals surface area (Å²) >= 11 is 0. The quantitative estimate of drug-likeness (QED) is 0.776. The minimum atomic E-state index is -0.327. The lowest BCUT2D eigenvalue weighted by Gasteiger charge is -2.17. The third-order valence-corrected chi connectivity index (χ3v) is 3.38. The number of pyridine rings is 1. The van der Waals surface area contributed by atoms with Gasteiger partial charge in [-0.3, -0.25) is 14.5 Å². The van der Waals surface area contributed by atoms with Gasteiger partial charge in [-0.05, 0) is 36.6 Å². The van der Waals surface area contributed by atoms with Crippen LogP contribution in [0.25, 0.3) is 6.08 Å². The van der Waals surface area contributed by atoms with Crippen LogP contribution in [0.2, 0.25) is 0 Å². The van der Waals surface area contributed by atoms with Crippen molar-refractivity contribution in [2.45, 2.75) is 12.8 Å². The molecule has 0 atom stereocenters. The van der Waals surface area contributed by atoms with Gasteiger partial charge >= 0.3 is 0 Å². The zero-order valence-electron chi connectivity index (χ0n) is 12.0. The maximum Gasteiger partial charge on any atom is 0.257 e. The molecule has 0 saturated carbocycles. The standard InChI is InChI=1S/C16H16N2O4/c19-14-4-2-1-3-7-18(14)15(20)6-5-12-10-13-16(17-11-12)22-9-8-21-13/h2,4-6,10-11H,1,3,7-9H2/b6-5+. The first kappa shape index (κ1) is 14.3. The Balaban J connectivity index is 1.72. The first-order valence-electron chi connectivity index (χ1n) is 7.20. The van der Waals surface area contributed by atoms with Crippen LogP contribution in [0.1, 0.15) is 18.4 Å². The summed E-state index contributed by atoms with van der Waals surface area (Å²) in [6.45, 7) is 1.40. The number of hydrogen-bond donors (Lipinski definition) is 0. The Hall–Kier alpha value is -2.63. The van der Waals surface area contributed by atoms with E-state index in [0.29, 0.717) is 31.4 Å². The minimum Gasteiger partial charge on any atom is -0.484 e. The summed E-state index contributed by atoms with van der Waals surface area (Å²) in [6.07, 6.45) is 9.44. The number of nitrogens with zero attached hydrogens (tertiary/aromatic N) is 2. The molecule has 0 bridgehead atoms. The Kier molecular flexibility index (Phi) is 4.18. The van der Waals surface area contributed by atoms with Crippen LogP contribution in [0.4, 0.5) is 0 Å². The molecular weight excluding hydrogens is 284 g/mol. The average molecular weight is 300 g/mol. The zero-order chi connectivity index (χ0) is 15.4. The van der Waals surface area contributed by atoms with Crippen molar-refractivity contribution in [3.63, 3.8) is 0 Å². The van der Waals surface area contributed by atoms with Crippen molar-refractivity contribution in [2.75, 3.05) is 19.8 Å². The number of imide groups is 1. The highest BCUT2D eigenvalue weighted by molar-refractivity contribution is 6.06. The van der Waals surface area contributed by atoms with Gasteiger partial charge in [0.2, 0.25) is 0 Å². The van der Waals surface area contributed by atoms with Crippen molar-refractivity contribution in [2.24, 2.45) is 0 Å². The molecule has 0 radical (unpaired) electrons. The molecule has 2 aliphatic rings. The van der Waals surface area contributed by atoms with E-state index in [2.05, 4.69) is 4.98 Å². The van der Waals surface area contributed by atoms with Crippen LogP contribution in [0.5, 0.6) is 11.6 Å². The van der Waals surface area contributed by atoms with Crippen molar-refractivity contribution in [1.29, 1.82) is 0 Å². The summed E-state index contributed by atoms with van der Waals surface area (Å²) < 4.78 is 10.8. The molecular formula is C16H16N2O4. The lowest BCUT2D eigenvalue weighted by molar-refractivity contribution is -0.138. The van der Waals surface area contributed by atoms with E-state index in [4.69, 9.17) is 9.47 Å². The SMILES string of the molecule is O=C1C=CCCCN1C(=O)/C=C/c1cnc2c(c1)OCCO2. The monoisotopic (exact) mass is 300 g/mol. The molecule has 0 fully saturated rings. The van der Waals surface area contributed by atoms with Crippen molar-refractivity contribution in [3.8, 4) is 11.6 Å². The van der Waals surface area contributed by atoms with Gasteiger partial charge in [0.05, 0.1) is 0 Å². The summed E-state index contributed by atoms with van der Waals surface area (Å²) in [7, 11) is 0. The van der Waals surface area contributed by atoms with E-state index in [1.165, 1.54) is 17.1 Å². The number of hydrogen-bond acceptors (Lipinski definition) is 5. The number of fused-ring (bicyclic) bond motifs is 1. The predicted octanol–water partition coefficient (Wildman–Crippen LogP) is 1.57. The normalized spacial score (nSPS) is 17.6. The third-order valence-electron chi connectivity index (χ3n) is 3.38. The molecule has 0 N–H and O–H groups in total. The summed E-state index contributed by atoms with van der Waals surface area (Å²) in [5.74, 6) is 0.427. The molecule has 0 aliphatic carbocycles. The molecule has 22 heavy (non-hydrogen) atoms. The van der Waals surface area contributed by atoms with Crippen LogP contribution >= 0.6 is 0 Å². The average Bonchev–Trinajstić information content (AvgIpc) is 2.77. The van der Waals surface area contributed by atoms with E-state index in [1.54, 1.807) is 24.4 Å². The van der Waals surface area contributed by atoms with Crippen molar-refractivity contribution < 1.29 is 19.1 Å². The first-order valence-corrected chi connectivity index (χ1v) is 7.20. The fourth-order valence-corrected chi connectivity index (χ4v) is 2.27. The van der Waals surface area contributed by atoms with Crippen LogP contribution in [-0.4, -0.2) is 41.5 Å². The number of amides is 2. The lowest BCUT2D eigenvalue weighted by atomic mass is 10.2. The fourth-order valence-electron chi connectivity index (χ4n) is 2.27. The largest absolute Gasteiger partial charge is 0.484 e. The van der Waals surface area contributed by atoms with Crippen LogP contribution in [0.15, 0.2) is 30.5 Å². The number of allylic oxidation sites excluding steroid dienone is 1. The fraction of sp³-hybridized carbons (Fsp3) is 0.312. The van der Waals surface area contributed by atoms with E-state index in [-0.39, 0.29) is 11.8 Å². The topological polar surface area (TPSA) is 68.7 Å². The second-order valence-electron chi connectivity index (χ2n) is 4.97. The molecule has 3 heterocycles. The Bertz CT molecular complexity index is 652. The highest BCUT2D eigenvalue weighted by atomic mass is 16.6. The van der Waals surface area contributed by atoms with Crippen LogP contribution in [-0.2, 0) is 9.59 Å². The van der Waals surface area contributed by atoms with Gasteiger partial charge in [0.15, 0.2) is 5.75 Å². The summed E-state index contributed by atoms with van der Waals surface area (Å²) in [4.78, 5) is 29.3. The maximum atomic E-state index is 12.1. The molecule has 114 valence electrons. The second kappa shape index (κ2) is 6.43. The van der Waals surface area contributed by atoms with Crippen LogP contribution in [0, 0.1) is 0 Å². The molecule has 0 saturated heterocycles. The predicted molar refractivity (Wildman–Crippen MR) is 79.4 cm³/mol. The number of ether oxygens (including phenoxy) is 2. The summed E-state index contributed by atoms with van der Waals surface area (Å²) in [5.41, 5.74) is 0.718. The van der Waals surface area contributed by atoms with Gasteiger partial charge in [0.25, 0.3) is 17.7 Å². The molecule has 1 aromatic heterocycles. The van der Waals surface area contributed by atoms with E-state index in [9.17, 15) is 9.59 Å². The van der Waals surface area contributed by atoms with Crippen molar-refractivity contribution in [1.82, 2.24) is 9.88 Å². The highest BCUT2D eigenvalue weighted by Crippen LogP contribution is 2.28. The number of aromatic nitrogens is 1. The summed E-state index contributed by atoms with van der Waals surface area (Å²) in [5, 5.41) is 0. The van der Waals surface area contributed by atoms with Gasteiger partial charge in [-0.2, -0.15) is 0 Å². The maximum absolute atomic E-state index is 12.1. The van der Waals surface area contributed by atoms with Gasteiger partial charge in [-0.15, -0.1) is 0 Å². The molecule has 0 spiro atoms.